The summed E-state index contributed by atoms with van der Waals surface area (Å²) in [5, 5.41) is 5.46. The molecular formula is C24H16IN5S. The molecule has 0 aliphatic heterocycles. The van der Waals surface area contributed by atoms with Gasteiger partial charge in [0.05, 0.1) is 4.88 Å². The second-order valence-corrected chi connectivity index (χ2v) is 8.95. The van der Waals surface area contributed by atoms with Crippen molar-refractivity contribution in [3.63, 3.8) is 0 Å². The highest BCUT2D eigenvalue weighted by molar-refractivity contribution is 14.1. The van der Waals surface area contributed by atoms with Gasteiger partial charge in [0.15, 0.2) is 28.6 Å². The van der Waals surface area contributed by atoms with E-state index >= 15 is 0 Å². The molecular weight excluding hydrogens is 517 g/mol. The zero-order valence-corrected chi connectivity index (χ0v) is 19.2. The first-order valence-electron chi connectivity index (χ1n) is 9.61. The fourth-order valence-corrected chi connectivity index (χ4v) is 4.35. The Kier molecular flexibility index (Phi) is 5.65. The van der Waals surface area contributed by atoms with Crippen LogP contribution in [0.2, 0.25) is 0 Å². The fourth-order valence-electron chi connectivity index (χ4n) is 3.08. The summed E-state index contributed by atoms with van der Waals surface area (Å²) < 4.78 is 1.20. The number of nitrogens with one attached hydrogen (secondary N) is 2. The standard InChI is InChI=1S/C24H16IN5S/c25-18-9-4-8-17(14-18)15-26-23-21-24(30-22(29-23)19-10-5-13-31-19)28-20(27-21)12-11-16-6-2-1-3-7-16/h1-10,13-14H,15H2,(H2,26,27,28,29,30). The van der Waals surface area contributed by atoms with Gasteiger partial charge in [-0.15, -0.1) is 11.3 Å². The highest BCUT2D eigenvalue weighted by Gasteiger charge is 2.14. The number of nitrogens with zero attached hydrogens (tertiary/aromatic N) is 3. The molecule has 0 amide bonds. The monoisotopic (exact) mass is 533 g/mol. The summed E-state index contributed by atoms with van der Waals surface area (Å²) in [7, 11) is 0. The summed E-state index contributed by atoms with van der Waals surface area (Å²) in [6.45, 7) is 0.644. The minimum Gasteiger partial charge on any atom is -0.364 e. The number of aromatic nitrogens is 4. The Balaban J connectivity index is 1.53. The Morgan fingerprint density at radius 2 is 1.84 bits per heavy atom. The fraction of sp³-hybridized carbons (Fsp3) is 0.0417. The smallest absolute Gasteiger partial charge is 0.185 e. The van der Waals surface area contributed by atoms with Gasteiger partial charge in [0.25, 0.3) is 0 Å². The average Bonchev–Trinajstić information content (AvgIpc) is 3.47. The van der Waals surface area contributed by atoms with Crippen molar-refractivity contribution < 1.29 is 0 Å². The van der Waals surface area contributed by atoms with E-state index in [1.165, 1.54) is 9.13 Å². The van der Waals surface area contributed by atoms with Crippen LogP contribution in [0.5, 0.6) is 0 Å². The van der Waals surface area contributed by atoms with Crippen molar-refractivity contribution in [3.8, 4) is 22.5 Å². The molecule has 0 radical (unpaired) electrons. The minimum absolute atomic E-state index is 0.564. The lowest BCUT2D eigenvalue weighted by Gasteiger charge is -2.08. The summed E-state index contributed by atoms with van der Waals surface area (Å²) in [4.78, 5) is 18.4. The summed E-state index contributed by atoms with van der Waals surface area (Å²) in [5.74, 6) is 8.16. The number of rotatable bonds is 4. The third kappa shape index (κ3) is 4.60. The van der Waals surface area contributed by atoms with Crippen LogP contribution in [0, 0.1) is 15.4 Å². The first-order valence-corrected chi connectivity index (χ1v) is 11.6. The molecule has 3 heterocycles. The summed E-state index contributed by atoms with van der Waals surface area (Å²) in [6, 6.07) is 22.2. The molecule has 0 atom stereocenters. The third-order valence-electron chi connectivity index (χ3n) is 4.53. The molecule has 3 aromatic heterocycles. The van der Waals surface area contributed by atoms with Gasteiger partial charge in [-0.25, -0.2) is 15.0 Å². The van der Waals surface area contributed by atoms with Gasteiger partial charge < -0.3 is 10.3 Å². The van der Waals surface area contributed by atoms with E-state index in [2.05, 4.69) is 74.0 Å². The maximum absolute atomic E-state index is 4.77. The zero-order valence-electron chi connectivity index (χ0n) is 16.3. The molecule has 0 aliphatic rings. The van der Waals surface area contributed by atoms with Gasteiger partial charge >= 0.3 is 0 Å². The van der Waals surface area contributed by atoms with Gasteiger partial charge in [-0.2, -0.15) is 0 Å². The van der Waals surface area contributed by atoms with E-state index in [1.54, 1.807) is 11.3 Å². The number of imidazole rings is 1. The van der Waals surface area contributed by atoms with Crippen molar-refractivity contribution in [1.29, 1.82) is 0 Å². The minimum atomic E-state index is 0.564. The maximum Gasteiger partial charge on any atom is 0.185 e. The number of H-pyrrole nitrogens is 1. The van der Waals surface area contributed by atoms with E-state index in [-0.39, 0.29) is 0 Å². The first kappa shape index (κ1) is 19.7. The first-order chi connectivity index (χ1) is 15.2. The summed E-state index contributed by atoms with van der Waals surface area (Å²) in [5.41, 5.74) is 3.46. The highest BCUT2D eigenvalue weighted by Crippen LogP contribution is 2.27. The Bertz CT molecular complexity index is 1400. The largest absolute Gasteiger partial charge is 0.364 e. The van der Waals surface area contributed by atoms with Gasteiger partial charge in [0, 0.05) is 15.7 Å². The zero-order chi connectivity index (χ0) is 21.0. The van der Waals surface area contributed by atoms with Gasteiger partial charge in [-0.1, -0.05) is 42.3 Å². The number of hydrogen-bond donors (Lipinski definition) is 2. The molecule has 0 unspecified atom stereocenters. The van der Waals surface area contributed by atoms with Crippen molar-refractivity contribution in [2.45, 2.75) is 6.54 Å². The van der Waals surface area contributed by atoms with Crippen LogP contribution >= 0.6 is 33.9 Å². The van der Waals surface area contributed by atoms with E-state index < -0.39 is 0 Å². The highest BCUT2D eigenvalue weighted by atomic mass is 127. The van der Waals surface area contributed by atoms with Crippen LogP contribution < -0.4 is 5.32 Å². The van der Waals surface area contributed by atoms with E-state index in [4.69, 9.17) is 9.97 Å². The number of thiophene rings is 1. The van der Waals surface area contributed by atoms with Gasteiger partial charge in [0.2, 0.25) is 0 Å². The lowest BCUT2D eigenvalue weighted by molar-refractivity contribution is 1.10. The second-order valence-electron chi connectivity index (χ2n) is 6.76. The molecule has 7 heteroatoms. The Hall–Kier alpha value is -3.22. The Labute approximate surface area is 197 Å². The number of hydrogen-bond acceptors (Lipinski definition) is 5. The average molecular weight is 533 g/mol. The van der Waals surface area contributed by atoms with Crippen LogP contribution in [-0.2, 0) is 6.54 Å². The third-order valence-corrected chi connectivity index (χ3v) is 6.07. The van der Waals surface area contributed by atoms with Crippen LogP contribution in [0.1, 0.15) is 17.0 Å². The number of anilines is 1. The van der Waals surface area contributed by atoms with Crippen LogP contribution in [0.4, 0.5) is 5.82 Å². The predicted octanol–water partition coefficient (Wildman–Crippen LogP) is 5.70. The summed E-state index contributed by atoms with van der Waals surface area (Å²) >= 11 is 3.93. The van der Waals surface area contributed by atoms with E-state index in [1.807, 2.05) is 47.8 Å². The Morgan fingerprint density at radius 1 is 0.935 bits per heavy atom. The van der Waals surface area contributed by atoms with Crippen molar-refractivity contribution in [3.05, 3.63) is 92.6 Å². The number of fused-ring (bicyclic) bond motifs is 1. The molecule has 5 nitrogen and oxygen atoms in total. The SMILES string of the molecule is Ic1cccc(CNc2nc(-c3cccs3)nc3[nH]c(C#Cc4ccccc4)nc23)c1. The number of aromatic amines is 1. The molecule has 5 aromatic rings. The molecule has 31 heavy (non-hydrogen) atoms. The van der Waals surface area contributed by atoms with Crippen molar-refractivity contribution in [2.75, 3.05) is 5.32 Å². The lowest BCUT2D eigenvalue weighted by Crippen LogP contribution is -2.04. The quantitative estimate of drug-likeness (QED) is 0.230. The topological polar surface area (TPSA) is 66.5 Å². The number of halogens is 1. The van der Waals surface area contributed by atoms with Crippen molar-refractivity contribution >= 4 is 50.9 Å². The van der Waals surface area contributed by atoms with E-state index in [0.29, 0.717) is 35.2 Å². The molecule has 150 valence electrons. The molecule has 0 spiro atoms. The van der Waals surface area contributed by atoms with Crippen molar-refractivity contribution in [2.24, 2.45) is 0 Å². The molecule has 0 bridgehead atoms. The molecule has 5 rings (SSSR count). The van der Waals surface area contributed by atoms with Crippen LogP contribution in [0.3, 0.4) is 0 Å². The van der Waals surface area contributed by atoms with E-state index in [0.717, 1.165) is 10.4 Å². The predicted molar refractivity (Wildman–Crippen MR) is 134 cm³/mol. The van der Waals surface area contributed by atoms with Crippen LogP contribution in [0.25, 0.3) is 21.9 Å². The second kappa shape index (κ2) is 8.88. The van der Waals surface area contributed by atoms with Crippen LogP contribution in [-0.4, -0.2) is 19.9 Å². The normalized spacial score (nSPS) is 10.6. The molecule has 0 saturated carbocycles. The van der Waals surface area contributed by atoms with Gasteiger partial charge in [-0.3, -0.25) is 0 Å². The molecule has 0 aliphatic carbocycles. The molecule has 2 aromatic carbocycles. The maximum atomic E-state index is 4.77. The van der Waals surface area contributed by atoms with E-state index in [9.17, 15) is 0 Å². The number of benzene rings is 2. The Morgan fingerprint density at radius 3 is 2.65 bits per heavy atom. The van der Waals surface area contributed by atoms with Gasteiger partial charge in [0.1, 0.15) is 0 Å². The molecule has 0 saturated heterocycles. The van der Waals surface area contributed by atoms with Gasteiger partial charge in [-0.05, 0) is 69.8 Å². The van der Waals surface area contributed by atoms with Crippen molar-refractivity contribution in [1.82, 2.24) is 19.9 Å². The lowest BCUT2D eigenvalue weighted by atomic mass is 10.2. The molecule has 0 fully saturated rings. The van der Waals surface area contributed by atoms with Crippen LogP contribution in [0.15, 0.2) is 72.1 Å². The molecule has 2 N–H and O–H groups in total. The summed E-state index contributed by atoms with van der Waals surface area (Å²) in [6.07, 6.45) is 0.